The van der Waals surface area contributed by atoms with Gasteiger partial charge in [-0.15, -0.1) is 12.4 Å². The third kappa shape index (κ3) is 3.39. The zero-order valence-electron chi connectivity index (χ0n) is 13.2. The molecule has 2 aliphatic rings. The molecule has 5 heteroatoms. The molecule has 1 N–H and O–H groups in total. The molecule has 122 valence electrons. The van der Waals surface area contributed by atoms with Crippen molar-refractivity contribution in [2.24, 2.45) is 11.8 Å². The van der Waals surface area contributed by atoms with Crippen molar-refractivity contribution in [3.63, 3.8) is 0 Å². The summed E-state index contributed by atoms with van der Waals surface area (Å²) in [6.07, 6.45) is 0.563. The van der Waals surface area contributed by atoms with Crippen molar-refractivity contribution < 1.29 is 9.53 Å². The van der Waals surface area contributed by atoms with Crippen molar-refractivity contribution in [3.8, 4) is 5.75 Å². The minimum absolute atomic E-state index is 0. The van der Waals surface area contributed by atoms with Gasteiger partial charge in [-0.25, -0.2) is 0 Å². The molecule has 22 heavy (non-hydrogen) atoms. The Bertz CT molecular complexity index is 511. The summed E-state index contributed by atoms with van der Waals surface area (Å²) in [5, 5.41) is 3.41. The molecular weight excluding hydrogens is 300 g/mol. The monoisotopic (exact) mass is 324 g/mol. The van der Waals surface area contributed by atoms with E-state index in [1.807, 2.05) is 18.2 Å². The zero-order valence-corrected chi connectivity index (χ0v) is 14.1. The Morgan fingerprint density at radius 3 is 2.59 bits per heavy atom. The van der Waals surface area contributed by atoms with E-state index in [0.29, 0.717) is 18.3 Å². The molecule has 1 unspecified atom stereocenters. The molecule has 2 saturated heterocycles. The standard InChI is InChI=1S/C17H24N2O2.ClH/c1-12(15-5-3-4-6-16(15)21-2)7-17(20)19-10-13-8-18-9-14(13)11-19;/h3-6,12-14,18H,7-11H2,1-2H3;1H/t12?,13-,14+;. The van der Waals surface area contributed by atoms with Crippen LogP contribution in [-0.4, -0.2) is 44.1 Å². The van der Waals surface area contributed by atoms with Gasteiger partial charge in [0.1, 0.15) is 5.75 Å². The van der Waals surface area contributed by atoms with Crippen molar-refractivity contribution in [2.75, 3.05) is 33.3 Å². The summed E-state index contributed by atoms with van der Waals surface area (Å²) >= 11 is 0. The van der Waals surface area contributed by atoms with E-state index in [9.17, 15) is 4.79 Å². The topological polar surface area (TPSA) is 41.6 Å². The molecule has 4 nitrogen and oxygen atoms in total. The Hall–Kier alpha value is -1.26. The number of nitrogens with zero attached hydrogens (tertiary/aromatic N) is 1. The lowest BCUT2D eigenvalue weighted by Crippen LogP contribution is -2.32. The second-order valence-electron chi connectivity index (χ2n) is 6.32. The van der Waals surface area contributed by atoms with Crippen molar-refractivity contribution in [1.29, 1.82) is 0 Å². The number of methoxy groups -OCH3 is 1. The number of rotatable bonds is 4. The van der Waals surface area contributed by atoms with Crippen molar-refractivity contribution in [2.45, 2.75) is 19.3 Å². The highest BCUT2D eigenvalue weighted by atomic mass is 35.5. The van der Waals surface area contributed by atoms with Crippen LogP contribution < -0.4 is 10.1 Å². The second-order valence-corrected chi connectivity index (χ2v) is 6.32. The van der Waals surface area contributed by atoms with E-state index in [4.69, 9.17) is 4.74 Å². The number of benzene rings is 1. The maximum absolute atomic E-state index is 12.5. The number of hydrogen-bond acceptors (Lipinski definition) is 3. The molecule has 3 atom stereocenters. The normalized spacial score (nSPS) is 24.5. The second kappa shape index (κ2) is 7.34. The van der Waals surface area contributed by atoms with Gasteiger partial charge >= 0.3 is 0 Å². The van der Waals surface area contributed by atoms with Crippen LogP contribution >= 0.6 is 12.4 Å². The van der Waals surface area contributed by atoms with E-state index in [0.717, 1.165) is 37.5 Å². The Morgan fingerprint density at radius 1 is 1.32 bits per heavy atom. The van der Waals surface area contributed by atoms with Crippen LogP contribution in [0.3, 0.4) is 0 Å². The Kier molecular flexibility index (Phi) is 5.70. The lowest BCUT2D eigenvalue weighted by molar-refractivity contribution is -0.130. The first-order valence-corrected chi connectivity index (χ1v) is 7.80. The fourth-order valence-electron chi connectivity index (χ4n) is 3.63. The Balaban J connectivity index is 0.00000176. The minimum atomic E-state index is 0. The van der Waals surface area contributed by atoms with Gasteiger partial charge in [0.15, 0.2) is 0 Å². The van der Waals surface area contributed by atoms with E-state index in [2.05, 4.69) is 23.2 Å². The predicted octanol–water partition coefficient (Wildman–Crippen LogP) is 2.29. The quantitative estimate of drug-likeness (QED) is 0.924. The van der Waals surface area contributed by atoms with Crippen molar-refractivity contribution >= 4 is 18.3 Å². The molecule has 2 heterocycles. The minimum Gasteiger partial charge on any atom is -0.496 e. The summed E-state index contributed by atoms with van der Waals surface area (Å²) < 4.78 is 5.40. The molecule has 0 aromatic heterocycles. The Morgan fingerprint density at radius 2 is 1.95 bits per heavy atom. The number of amides is 1. The summed E-state index contributed by atoms with van der Waals surface area (Å²) in [6, 6.07) is 7.98. The van der Waals surface area contributed by atoms with Gasteiger partial charge in [0.25, 0.3) is 0 Å². The summed E-state index contributed by atoms with van der Waals surface area (Å²) in [4.78, 5) is 14.6. The van der Waals surface area contributed by atoms with Gasteiger partial charge in [-0.2, -0.15) is 0 Å². The molecule has 3 rings (SSSR count). The average Bonchev–Trinajstić information content (AvgIpc) is 3.08. The SMILES string of the molecule is COc1ccccc1C(C)CC(=O)N1C[C@H]2CNC[C@H]2C1.Cl. The van der Waals surface area contributed by atoms with E-state index in [-0.39, 0.29) is 24.2 Å². The molecular formula is C17H25ClN2O2. The third-order valence-electron chi connectivity index (χ3n) is 4.89. The largest absolute Gasteiger partial charge is 0.496 e. The summed E-state index contributed by atoms with van der Waals surface area (Å²) in [6.45, 7) is 6.09. The molecule has 0 radical (unpaired) electrons. The number of likely N-dealkylation sites (tertiary alicyclic amines) is 1. The highest BCUT2D eigenvalue weighted by Gasteiger charge is 2.38. The summed E-state index contributed by atoms with van der Waals surface area (Å²) in [5.74, 6) is 2.67. The summed E-state index contributed by atoms with van der Waals surface area (Å²) in [7, 11) is 1.68. The van der Waals surface area contributed by atoms with Gasteiger partial charge in [-0.05, 0) is 29.4 Å². The molecule has 1 aromatic carbocycles. The van der Waals surface area contributed by atoms with Gasteiger partial charge in [-0.1, -0.05) is 25.1 Å². The number of ether oxygens (including phenoxy) is 1. The number of hydrogen-bond donors (Lipinski definition) is 1. The lowest BCUT2D eigenvalue weighted by atomic mass is 9.96. The van der Waals surface area contributed by atoms with E-state index < -0.39 is 0 Å². The first kappa shape index (κ1) is 17.1. The maximum atomic E-state index is 12.5. The number of carbonyl (C=O) groups excluding carboxylic acids is 1. The summed E-state index contributed by atoms with van der Waals surface area (Å²) in [5.41, 5.74) is 1.12. The van der Waals surface area contributed by atoms with Gasteiger partial charge in [0.05, 0.1) is 7.11 Å². The highest BCUT2D eigenvalue weighted by molar-refractivity contribution is 5.85. The van der Waals surface area contributed by atoms with Gasteiger partial charge in [0.2, 0.25) is 5.91 Å². The van der Waals surface area contributed by atoms with Crippen LogP contribution in [0.4, 0.5) is 0 Å². The fraction of sp³-hybridized carbons (Fsp3) is 0.588. The third-order valence-corrected chi connectivity index (χ3v) is 4.89. The average molecular weight is 325 g/mol. The van der Waals surface area contributed by atoms with Crippen LogP contribution in [0, 0.1) is 11.8 Å². The molecule has 1 amide bonds. The molecule has 0 bridgehead atoms. The number of fused-ring (bicyclic) bond motifs is 1. The first-order valence-electron chi connectivity index (χ1n) is 7.80. The van der Waals surface area contributed by atoms with Crippen LogP contribution in [0.15, 0.2) is 24.3 Å². The van der Waals surface area contributed by atoms with Crippen LogP contribution in [0.25, 0.3) is 0 Å². The van der Waals surface area contributed by atoms with Crippen LogP contribution in [0.1, 0.15) is 24.8 Å². The molecule has 2 fully saturated rings. The van der Waals surface area contributed by atoms with Crippen LogP contribution in [0.2, 0.25) is 0 Å². The molecule has 0 spiro atoms. The van der Waals surface area contributed by atoms with Gasteiger partial charge in [0, 0.05) is 32.6 Å². The number of halogens is 1. The number of nitrogens with one attached hydrogen (secondary N) is 1. The van der Waals surface area contributed by atoms with Gasteiger partial charge in [-0.3, -0.25) is 4.79 Å². The van der Waals surface area contributed by atoms with E-state index in [1.165, 1.54) is 0 Å². The van der Waals surface area contributed by atoms with Crippen molar-refractivity contribution in [1.82, 2.24) is 10.2 Å². The lowest BCUT2D eigenvalue weighted by Gasteiger charge is -2.21. The molecule has 0 saturated carbocycles. The van der Waals surface area contributed by atoms with E-state index in [1.54, 1.807) is 7.11 Å². The highest BCUT2D eigenvalue weighted by Crippen LogP contribution is 2.31. The van der Waals surface area contributed by atoms with Crippen LogP contribution in [-0.2, 0) is 4.79 Å². The van der Waals surface area contributed by atoms with Crippen molar-refractivity contribution in [3.05, 3.63) is 29.8 Å². The first-order chi connectivity index (χ1) is 10.2. The predicted molar refractivity (Wildman–Crippen MR) is 89.7 cm³/mol. The zero-order chi connectivity index (χ0) is 14.8. The molecule has 2 aliphatic heterocycles. The number of carbonyl (C=O) groups is 1. The number of para-hydroxylation sites is 1. The van der Waals surface area contributed by atoms with E-state index >= 15 is 0 Å². The smallest absolute Gasteiger partial charge is 0.223 e. The fourth-order valence-corrected chi connectivity index (χ4v) is 3.63. The molecule has 1 aromatic rings. The maximum Gasteiger partial charge on any atom is 0.223 e. The van der Waals surface area contributed by atoms with Gasteiger partial charge < -0.3 is 15.0 Å². The van der Waals surface area contributed by atoms with Crippen LogP contribution in [0.5, 0.6) is 5.75 Å². The molecule has 0 aliphatic carbocycles. The Labute approximate surface area is 138 Å².